The summed E-state index contributed by atoms with van der Waals surface area (Å²) in [6.45, 7) is 1.26. The Hall–Kier alpha value is -2.87. The van der Waals surface area contributed by atoms with Gasteiger partial charge in [0.1, 0.15) is 17.5 Å². The number of nitrogens with zero attached hydrogens (tertiary/aromatic N) is 2. The van der Waals surface area contributed by atoms with Crippen LogP contribution in [0, 0.1) is 10.1 Å². The molecule has 1 N–H and O–H groups in total. The molecule has 2 atom stereocenters. The molecule has 1 aromatic carbocycles. The summed E-state index contributed by atoms with van der Waals surface area (Å²) in [6, 6.07) is 8.38. The second-order valence-corrected chi connectivity index (χ2v) is 6.32. The van der Waals surface area contributed by atoms with Gasteiger partial charge in [-0.15, -0.1) is 0 Å². The zero-order chi connectivity index (χ0) is 18.7. The molecule has 0 saturated carbocycles. The molecule has 0 aliphatic carbocycles. The maximum atomic E-state index is 12.1. The van der Waals surface area contributed by atoms with Crippen LogP contribution in [0.15, 0.2) is 41.3 Å². The largest absolute Gasteiger partial charge is 0.497 e. The van der Waals surface area contributed by atoms with Crippen LogP contribution in [0.2, 0.25) is 0 Å². The summed E-state index contributed by atoms with van der Waals surface area (Å²) in [4.78, 5) is 23.8. The SMILES string of the molecule is COc1ccc([C@H]2CCC[NH+]2Cn2cc([N+](=O)[O-])ccc2=O)c(OC)c1. The van der Waals surface area contributed by atoms with E-state index in [9.17, 15) is 14.9 Å². The second kappa shape index (κ2) is 7.57. The van der Waals surface area contributed by atoms with Gasteiger partial charge in [-0.25, -0.2) is 0 Å². The molecule has 0 amide bonds. The summed E-state index contributed by atoms with van der Waals surface area (Å²) in [5, 5.41) is 11.0. The van der Waals surface area contributed by atoms with Crippen molar-refractivity contribution in [1.82, 2.24) is 4.57 Å². The predicted molar refractivity (Wildman–Crippen MR) is 94.7 cm³/mol. The first-order valence-electron chi connectivity index (χ1n) is 8.45. The Kier molecular flexibility index (Phi) is 5.22. The summed E-state index contributed by atoms with van der Waals surface area (Å²) >= 11 is 0. The fraction of sp³-hybridized carbons (Fsp3) is 0.389. The number of methoxy groups -OCH3 is 2. The lowest BCUT2D eigenvalue weighted by molar-refractivity contribution is -0.940. The van der Waals surface area contributed by atoms with Crippen LogP contribution < -0.4 is 19.9 Å². The summed E-state index contributed by atoms with van der Waals surface area (Å²) in [7, 11) is 3.23. The van der Waals surface area contributed by atoms with Gasteiger partial charge in [0.05, 0.1) is 37.4 Å². The van der Waals surface area contributed by atoms with Gasteiger partial charge in [0.15, 0.2) is 6.67 Å². The standard InChI is InChI=1S/C18H21N3O5/c1-25-14-6-7-15(17(10-14)26-2)16-4-3-9-19(16)12-20-11-13(21(23)24)5-8-18(20)22/h5-8,10-11,16H,3-4,9,12H2,1-2H3/p+1/t16-/m1/s1. The monoisotopic (exact) mass is 360 g/mol. The molecule has 8 nitrogen and oxygen atoms in total. The van der Waals surface area contributed by atoms with Gasteiger partial charge in [-0.05, 0) is 12.1 Å². The van der Waals surface area contributed by atoms with E-state index in [1.807, 2.05) is 18.2 Å². The topological polar surface area (TPSA) is 88.0 Å². The zero-order valence-corrected chi connectivity index (χ0v) is 14.8. The fourth-order valence-corrected chi connectivity index (χ4v) is 3.55. The Morgan fingerprint density at radius 2 is 2.08 bits per heavy atom. The minimum atomic E-state index is -0.487. The number of ether oxygens (including phenoxy) is 2. The third-order valence-corrected chi connectivity index (χ3v) is 4.85. The van der Waals surface area contributed by atoms with Gasteiger partial charge in [-0.2, -0.15) is 0 Å². The van der Waals surface area contributed by atoms with Crippen LogP contribution in [0.1, 0.15) is 24.4 Å². The maximum absolute atomic E-state index is 12.1. The highest BCUT2D eigenvalue weighted by atomic mass is 16.6. The third-order valence-electron chi connectivity index (χ3n) is 4.85. The number of likely N-dealkylation sites (tertiary alicyclic amines) is 1. The van der Waals surface area contributed by atoms with Gasteiger partial charge in [0.25, 0.3) is 11.2 Å². The first-order valence-corrected chi connectivity index (χ1v) is 8.45. The van der Waals surface area contributed by atoms with Gasteiger partial charge >= 0.3 is 0 Å². The van der Waals surface area contributed by atoms with Gasteiger partial charge < -0.3 is 14.4 Å². The molecule has 1 aliphatic rings. The number of nitrogens with one attached hydrogen (secondary N) is 1. The zero-order valence-electron chi connectivity index (χ0n) is 14.8. The van der Waals surface area contributed by atoms with E-state index < -0.39 is 4.92 Å². The molecule has 0 spiro atoms. The average Bonchev–Trinajstić information content (AvgIpc) is 3.10. The Morgan fingerprint density at radius 3 is 2.77 bits per heavy atom. The van der Waals surface area contributed by atoms with Gasteiger partial charge in [0, 0.05) is 31.0 Å². The molecule has 1 fully saturated rings. The number of hydrogen-bond donors (Lipinski definition) is 1. The second-order valence-electron chi connectivity index (χ2n) is 6.32. The number of hydrogen-bond acceptors (Lipinski definition) is 5. The molecule has 26 heavy (non-hydrogen) atoms. The number of quaternary nitrogens is 1. The minimum Gasteiger partial charge on any atom is -0.497 e. The summed E-state index contributed by atoms with van der Waals surface area (Å²) in [5.74, 6) is 1.47. The molecule has 2 aromatic rings. The third kappa shape index (κ3) is 3.55. The minimum absolute atomic E-state index is 0.0817. The molecule has 1 aliphatic heterocycles. The van der Waals surface area contributed by atoms with E-state index in [4.69, 9.17) is 9.47 Å². The number of rotatable bonds is 6. The molecular formula is C18H22N3O5+. The Balaban J connectivity index is 1.89. The summed E-state index contributed by atoms with van der Waals surface area (Å²) in [6.07, 6.45) is 3.29. The van der Waals surface area contributed by atoms with Crippen molar-refractivity contribution in [3.05, 3.63) is 62.6 Å². The number of benzene rings is 1. The van der Waals surface area contributed by atoms with E-state index in [2.05, 4.69) is 0 Å². The lowest BCUT2D eigenvalue weighted by Crippen LogP contribution is -3.09. The highest BCUT2D eigenvalue weighted by Crippen LogP contribution is 2.31. The highest BCUT2D eigenvalue weighted by Gasteiger charge is 2.32. The van der Waals surface area contributed by atoms with Crippen LogP contribution >= 0.6 is 0 Å². The van der Waals surface area contributed by atoms with E-state index in [0.29, 0.717) is 6.67 Å². The van der Waals surface area contributed by atoms with E-state index in [1.54, 1.807) is 14.2 Å². The summed E-state index contributed by atoms with van der Waals surface area (Å²) in [5.41, 5.74) is 0.733. The van der Waals surface area contributed by atoms with Crippen LogP contribution in [0.3, 0.4) is 0 Å². The van der Waals surface area contributed by atoms with Crippen molar-refractivity contribution in [3.8, 4) is 11.5 Å². The molecule has 1 unspecified atom stereocenters. The van der Waals surface area contributed by atoms with E-state index >= 15 is 0 Å². The maximum Gasteiger partial charge on any atom is 0.285 e. The van der Waals surface area contributed by atoms with Crippen molar-refractivity contribution in [3.63, 3.8) is 0 Å². The molecule has 138 valence electrons. The molecule has 1 aromatic heterocycles. The van der Waals surface area contributed by atoms with Gasteiger partial charge in [-0.3, -0.25) is 19.5 Å². The lowest BCUT2D eigenvalue weighted by Gasteiger charge is -2.24. The molecular weight excluding hydrogens is 338 g/mol. The number of pyridine rings is 1. The first kappa shape index (κ1) is 17.9. The number of nitro groups is 1. The first-order chi connectivity index (χ1) is 12.5. The average molecular weight is 360 g/mol. The van der Waals surface area contributed by atoms with Crippen molar-refractivity contribution in [2.45, 2.75) is 25.6 Å². The van der Waals surface area contributed by atoms with Gasteiger partial charge in [0.2, 0.25) is 0 Å². The Labute approximate surface area is 150 Å². The highest BCUT2D eigenvalue weighted by molar-refractivity contribution is 5.42. The normalized spacial score (nSPS) is 19.3. The van der Waals surface area contributed by atoms with E-state index in [1.165, 1.54) is 27.8 Å². The van der Waals surface area contributed by atoms with Crippen molar-refractivity contribution >= 4 is 5.69 Å². The van der Waals surface area contributed by atoms with Crippen LogP contribution in [-0.4, -0.2) is 30.3 Å². The van der Waals surface area contributed by atoms with Crippen LogP contribution in [-0.2, 0) is 6.67 Å². The smallest absolute Gasteiger partial charge is 0.285 e. The van der Waals surface area contributed by atoms with Crippen LogP contribution in [0.5, 0.6) is 11.5 Å². The molecule has 1 saturated heterocycles. The van der Waals surface area contributed by atoms with Crippen molar-refractivity contribution in [2.75, 3.05) is 20.8 Å². The lowest BCUT2D eigenvalue weighted by atomic mass is 10.0. The van der Waals surface area contributed by atoms with Gasteiger partial charge in [-0.1, -0.05) is 0 Å². The van der Waals surface area contributed by atoms with Crippen molar-refractivity contribution < 1.29 is 19.3 Å². The van der Waals surface area contributed by atoms with E-state index in [-0.39, 0.29) is 17.3 Å². The van der Waals surface area contributed by atoms with E-state index in [0.717, 1.165) is 36.4 Å². The van der Waals surface area contributed by atoms with Crippen LogP contribution in [0.25, 0.3) is 0 Å². The predicted octanol–water partition coefficient (Wildman–Crippen LogP) is 1.15. The molecule has 8 heteroatoms. The van der Waals surface area contributed by atoms with Crippen molar-refractivity contribution in [2.24, 2.45) is 0 Å². The number of aromatic nitrogens is 1. The van der Waals surface area contributed by atoms with Crippen molar-refractivity contribution in [1.29, 1.82) is 0 Å². The van der Waals surface area contributed by atoms with Crippen LogP contribution in [0.4, 0.5) is 5.69 Å². The Morgan fingerprint density at radius 1 is 1.27 bits per heavy atom. The molecule has 2 heterocycles. The molecule has 0 bridgehead atoms. The summed E-state index contributed by atoms with van der Waals surface area (Å²) < 4.78 is 12.2. The molecule has 3 rings (SSSR count). The Bertz CT molecular complexity index is 864. The fourth-order valence-electron chi connectivity index (χ4n) is 3.55. The quantitative estimate of drug-likeness (QED) is 0.617. The molecule has 0 radical (unpaired) electrons.